The highest BCUT2D eigenvalue weighted by molar-refractivity contribution is 5.78. The van der Waals surface area contributed by atoms with Crippen molar-refractivity contribution in [2.75, 3.05) is 19.9 Å². The molecular weight excluding hydrogens is 278 g/mol. The number of carbonyl (C=O) groups excluding carboxylic acids is 1. The first kappa shape index (κ1) is 14.6. The lowest BCUT2D eigenvalue weighted by molar-refractivity contribution is -0.133. The van der Waals surface area contributed by atoms with Gasteiger partial charge in [0.05, 0.1) is 6.54 Å². The summed E-state index contributed by atoms with van der Waals surface area (Å²) in [5.41, 5.74) is 2.26. The zero-order valence-electron chi connectivity index (χ0n) is 12.6. The summed E-state index contributed by atoms with van der Waals surface area (Å²) in [6, 6.07) is 17.6. The third kappa shape index (κ3) is 3.46. The van der Waals surface area contributed by atoms with Crippen LogP contribution in [0.4, 0.5) is 0 Å². The standard InChI is InChI=1S/C18H19NO3/c1-14-7-9-16(10-8-14)21-12-18(20)19-11-17(22-13-19)15-5-3-2-4-6-15/h2-10,17H,11-13H2,1H3. The predicted molar refractivity (Wildman–Crippen MR) is 83.5 cm³/mol. The summed E-state index contributed by atoms with van der Waals surface area (Å²) in [4.78, 5) is 13.9. The molecule has 2 aromatic carbocycles. The van der Waals surface area contributed by atoms with Gasteiger partial charge < -0.3 is 14.4 Å². The topological polar surface area (TPSA) is 38.8 Å². The van der Waals surface area contributed by atoms with Crippen LogP contribution in [0, 0.1) is 6.92 Å². The minimum Gasteiger partial charge on any atom is -0.484 e. The molecule has 0 N–H and O–H groups in total. The molecule has 0 spiro atoms. The first-order valence-corrected chi connectivity index (χ1v) is 7.36. The van der Waals surface area contributed by atoms with Crippen LogP contribution in [0.2, 0.25) is 0 Å². The Morgan fingerprint density at radius 1 is 1.18 bits per heavy atom. The normalized spacial score (nSPS) is 17.5. The summed E-state index contributed by atoms with van der Waals surface area (Å²) in [7, 11) is 0. The van der Waals surface area contributed by atoms with Gasteiger partial charge in [0.1, 0.15) is 18.6 Å². The van der Waals surface area contributed by atoms with E-state index in [0.29, 0.717) is 19.0 Å². The van der Waals surface area contributed by atoms with Gasteiger partial charge >= 0.3 is 0 Å². The quantitative estimate of drug-likeness (QED) is 0.871. The van der Waals surface area contributed by atoms with Crippen LogP contribution in [0.15, 0.2) is 54.6 Å². The molecule has 0 aromatic heterocycles. The van der Waals surface area contributed by atoms with Gasteiger partial charge in [0, 0.05) is 0 Å². The molecule has 3 rings (SSSR count). The summed E-state index contributed by atoms with van der Waals surface area (Å²) in [6.07, 6.45) is -0.0514. The molecule has 1 saturated heterocycles. The molecule has 1 amide bonds. The second-order valence-electron chi connectivity index (χ2n) is 5.41. The molecular formula is C18H19NO3. The Morgan fingerprint density at radius 2 is 1.91 bits per heavy atom. The molecule has 4 nitrogen and oxygen atoms in total. The van der Waals surface area contributed by atoms with Crippen molar-refractivity contribution in [3.8, 4) is 5.75 Å². The van der Waals surface area contributed by atoms with Crippen LogP contribution in [-0.4, -0.2) is 30.7 Å². The van der Waals surface area contributed by atoms with Gasteiger partial charge in [0.15, 0.2) is 6.61 Å². The Bertz CT molecular complexity index is 625. The van der Waals surface area contributed by atoms with Crippen molar-refractivity contribution >= 4 is 5.91 Å². The number of nitrogens with zero attached hydrogens (tertiary/aromatic N) is 1. The van der Waals surface area contributed by atoms with E-state index in [0.717, 1.165) is 11.1 Å². The minimum atomic E-state index is -0.0565. The number of amides is 1. The molecule has 0 aliphatic carbocycles. The fraction of sp³-hybridized carbons (Fsp3) is 0.278. The van der Waals surface area contributed by atoms with Crippen LogP contribution in [-0.2, 0) is 9.53 Å². The van der Waals surface area contributed by atoms with Crippen LogP contribution in [0.3, 0.4) is 0 Å². The Hall–Kier alpha value is -2.33. The van der Waals surface area contributed by atoms with Crippen molar-refractivity contribution in [1.82, 2.24) is 4.90 Å². The van der Waals surface area contributed by atoms with Crippen molar-refractivity contribution in [2.45, 2.75) is 13.0 Å². The van der Waals surface area contributed by atoms with E-state index in [-0.39, 0.29) is 18.6 Å². The van der Waals surface area contributed by atoms with Gasteiger partial charge in [-0.2, -0.15) is 0 Å². The summed E-state index contributed by atoms with van der Waals surface area (Å²) in [6.45, 7) is 2.93. The van der Waals surface area contributed by atoms with Gasteiger partial charge in [-0.1, -0.05) is 48.0 Å². The number of carbonyl (C=O) groups is 1. The van der Waals surface area contributed by atoms with Crippen LogP contribution in [0.5, 0.6) is 5.75 Å². The first-order valence-electron chi connectivity index (χ1n) is 7.36. The molecule has 0 saturated carbocycles. The van der Waals surface area contributed by atoms with Crippen LogP contribution in [0.25, 0.3) is 0 Å². The zero-order chi connectivity index (χ0) is 15.4. The number of ether oxygens (including phenoxy) is 2. The van der Waals surface area contributed by atoms with E-state index in [1.54, 1.807) is 4.90 Å². The van der Waals surface area contributed by atoms with Gasteiger partial charge in [-0.3, -0.25) is 4.79 Å². The Balaban J connectivity index is 1.52. The average Bonchev–Trinajstić information content (AvgIpc) is 3.05. The van der Waals surface area contributed by atoms with E-state index >= 15 is 0 Å². The lowest BCUT2D eigenvalue weighted by Gasteiger charge is -2.14. The van der Waals surface area contributed by atoms with Crippen molar-refractivity contribution in [3.63, 3.8) is 0 Å². The highest BCUT2D eigenvalue weighted by Crippen LogP contribution is 2.24. The maximum atomic E-state index is 12.2. The third-order valence-electron chi connectivity index (χ3n) is 3.73. The third-order valence-corrected chi connectivity index (χ3v) is 3.73. The SMILES string of the molecule is Cc1ccc(OCC(=O)N2COC(c3ccccc3)C2)cc1. The number of benzene rings is 2. The molecule has 2 aromatic rings. The van der Waals surface area contributed by atoms with Gasteiger partial charge in [-0.25, -0.2) is 0 Å². The molecule has 4 heteroatoms. The molecule has 1 aliphatic rings. The minimum absolute atomic E-state index is 0.0356. The lowest BCUT2D eigenvalue weighted by atomic mass is 10.1. The van der Waals surface area contributed by atoms with E-state index in [9.17, 15) is 4.79 Å². The smallest absolute Gasteiger partial charge is 0.262 e. The van der Waals surface area contributed by atoms with Crippen molar-refractivity contribution in [1.29, 1.82) is 0 Å². The Morgan fingerprint density at radius 3 is 2.64 bits per heavy atom. The molecule has 1 heterocycles. The van der Waals surface area contributed by atoms with Crippen molar-refractivity contribution < 1.29 is 14.3 Å². The Kier molecular flexibility index (Phi) is 4.39. The van der Waals surface area contributed by atoms with Gasteiger partial charge in [0.25, 0.3) is 5.91 Å². The largest absolute Gasteiger partial charge is 0.484 e. The number of rotatable bonds is 4. The first-order chi connectivity index (χ1) is 10.7. The second-order valence-corrected chi connectivity index (χ2v) is 5.41. The lowest BCUT2D eigenvalue weighted by Crippen LogP contribution is -2.32. The Labute approximate surface area is 130 Å². The average molecular weight is 297 g/mol. The zero-order valence-corrected chi connectivity index (χ0v) is 12.6. The monoisotopic (exact) mass is 297 g/mol. The van der Waals surface area contributed by atoms with Crippen LogP contribution < -0.4 is 4.74 Å². The predicted octanol–water partition coefficient (Wildman–Crippen LogP) is 2.93. The molecule has 1 aliphatic heterocycles. The van der Waals surface area contributed by atoms with E-state index in [1.807, 2.05) is 61.5 Å². The van der Waals surface area contributed by atoms with E-state index in [1.165, 1.54) is 0 Å². The van der Waals surface area contributed by atoms with E-state index in [2.05, 4.69) is 0 Å². The van der Waals surface area contributed by atoms with Gasteiger partial charge in [-0.05, 0) is 24.6 Å². The van der Waals surface area contributed by atoms with E-state index < -0.39 is 0 Å². The maximum absolute atomic E-state index is 12.2. The molecule has 0 bridgehead atoms. The highest BCUT2D eigenvalue weighted by atomic mass is 16.5. The van der Waals surface area contributed by atoms with Gasteiger partial charge in [-0.15, -0.1) is 0 Å². The second kappa shape index (κ2) is 6.62. The van der Waals surface area contributed by atoms with Crippen molar-refractivity contribution in [3.05, 3.63) is 65.7 Å². The summed E-state index contributed by atoms with van der Waals surface area (Å²) in [5, 5.41) is 0. The number of hydrogen-bond donors (Lipinski definition) is 0. The maximum Gasteiger partial charge on any atom is 0.262 e. The summed E-state index contributed by atoms with van der Waals surface area (Å²) < 4.78 is 11.2. The fourth-order valence-corrected chi connectivity index (χ4v) is 2.40. The van der Waals surface area contributed by atoms with Crippen LogP contribution >= 0.6 is 0 Å². The molecule has 1 atom stereocenters. The molecule has 1 unspecified atom stereocenters. The molecule has 0 radical (unpaired) electrons. The molecule has 22 heavy (non-hydrogen) atoms. The fourth-order valence-electron chi connectivity index (χ4n) is 2.40. The van der Waals surface area contributed by atoms with E-state index in [4.69, 9.17) is 9.47 Å². The highest BCUT2D eigenvalue weighted by Gasteiger charge is 2.28. The van der Waals surface area contributed by atoms with Crippen molar-refractivity contribution in [2.24, 2.45) is 0 Å². The summed E-state index contributed by atoms with van der Waals surface area (Å²) in [5.74, 6) is 0.651. The number of aryl methyl sites for hydroxylation is 1. The van der Waals surface area contributed by atoms with Crippen LogP contribution in [0.1, 0.15) is 17.2 Å². The molecule has 114 valence electrons. The number of hydrogen-bond acceptors (Lipinski definition) is 3. The molecule has 1 fully saturated rings. The summed E-state index contributed by atoms with van der Waals surface area (Å²) >= 11 is 0. The van der Waals surface area contributed by atoms with Gasteiger partial charge in [0.2, 0.25) is 0 Å².